The van der Waals surface area contributed by atoms with Crippen molar-refractivity contribution in [3.05, 3.63) is 11.1 Å². The number of hydrogen-bond acceptors (Lipinski definition) is 3. The van der Waals surface area contributed by atoms with Crippen molar-refractivity contribution in [1.29, 1.82) is 0 Å². The summed E-state index contributed by atoms with van der Waals surface area (Å²) < 4.78 is 0.329. The summed E-state index contributed by atoms with van der Waals surface area (Å²) in [5, 5.41) is 5.73. The maximum Gasteiger partial charge on any atom is 0.226 e. The number of aromatic nitrogens is 1. The third kappa shape index (κ3) is 2.67. The van der Waals surface area contributed by atoms with E-state index in [0.717, 1.165) is 22.7 Å². The van der Waals surface area contributed by atoms with Gasteiger partial charge in [-0.2, -0.15) is 0 Å². The highest BCUT2D eigenvalue weighted by molar-refractivity contribution is 9.10. The number of aryl methyl sites for hydroxylation is 1. The van der Waals surface area contributed by atoms with Gasteiger partial charge in [-0.05, 0) is 62.7 Å². The number of halogens is 1. The van der Waals surface area contributed by atoms with Crippen molar-refractivity contribution in [1.82, 2.24) is 4.98 Å². The lowest BCUT2D eigenvalue weighted by Crippen LogP contribution is -2.53. The van der Waals surface area contributed by atoms with Crippen LogP contribution in [-0.2, 0) is 4.79 Å². The molecule has 1 N–H and O–H groups in total. The molecule has 2 unspecified atom stereocenters. The molecule has 0 saturated heterocycles. The Hall–Kier alpha value is -0.420. The molecule has 0 spiro atoms. The van der Waals surface area contributed by atoms with Crippen LogP contribution in [0.5, 0.6) is 0 Å². The second-order valence-corrected chi connectivity index (χ2v) is 10.2. The summed E-state index contributed by atoms with van der Waals surface area (Å²) in [7, 11) is 0. The van der Waals surface area contributed by atoms with E-state index in [0.29, 0.717) is 10.7 Å². The lowest BCUT2D eigenvalue weighted by molar-refractivity contribution is -0.123. The molecular weight excluding hydrogens is 348 g/mol. The van der Waals surface area contributed by atoms with Crippen LogP contribution in [0.4, 0.5) is 5.13 Å². The number of carbonyl (C=O) groups is 1. The molecule has 4 saturated carbocycles. The molecule has 1 heterocycles. The number of nitrogens with one attached hydrogen (secondary N) is 1. The van der Waals surface area contributed by atoms with Gasteiger partial charge in [0.2, 0.25) is 5.91 Å². The molecule has 0 aliphatic heterocycles. The van der Waals surface area contributed by atoms with E-state index in [1.165, 1.54) is 49.9 Å². The molecule has 3 nitrogen and oxygen atoms in total. The van der Waals surface area contributed by atoms with E-state index < -0.39 is 0 Å². The van der Waals surface area contributed by atoms with Crippen LogP contribution in [0.15, 0.2) is 5.38 Å². The second-order valence-electron chi connectivity index (χ2n) is 7.63. The Labute approximate surface area is 138 Å². The van der Waals surface area contributed by atoms with Gasteiger partial charge in [-0.25, -0.2) is 4.98 Å². The Kier molecular flexibility index (Phi) is 3.23. The molecular formula is C16H21BrN2OS. The van der Waals surface area contributed by atoms with Gasteiger partial charge in [0.1, 0.15) is 0 Å². The van der Waals surface area contributed by atoms with E-state index in [2.05, 4.69) is 26.2 Å². The van der Waals surface area contributed by atoms with E-state index >= 15 is 0 Å². The number of amides is 1. The number of hydrogen-bond donors (Lipinski definition) is 1. The number of alkyl halides is 1. The van der Waals surface area contributed by atoms with E-state index in [-0.39, 0.29) is 11.3 Å². The van der Waals surface area contributed by atoms with Crippen molar-refractivity contribution in [3.8, 4) is 0 Å². The third-order valence-corrected chi connectivity index (χ3v) is 7.32. The highest BCUT2D eigenvalue weighted by Crippen LogP contribution is 2.65. The second kappa shape index (κ2) is 4.79. The molecule has 1 aromatic rings. The van der Waals surface area contributed by atoms with Gasteiger partial charge in [0.05, 0.1) is 5.69 Å². The molecule has 1 amide bonds. The van der Waals surface area contributed by atoms with Gasteiger partial charge in [-0.3, -0.25) is 4.79 Å². The zero-order valence-corrected chi connectivity index (χ0v) is 14.7. The average Bonchev–Trinajstić information content (AvgIpc) is 2.69. The lowest BCUT2D eigenvalue weighted by Gasteiger charge is -2.60. The fourth-order valence-electron chi connectivity index (χ4n) is 5.46. The van der Waals surface area contributed by atoms with Gasteiger partial charge in [0, 0.05) is 16.1 Å². The first-order valence-corrected chi connectivity index (χ1v) is 9.52. The molecule has 5 heteroatoms. The smallest absolute Gasteiger partial charge is 0.226 e. The fourth-order valence-corrected chi connectivity index (χ4v) is 7.67. The van der Waals surface area contributed by atoms with Crippen molar-refractivity contribution in [2.24, 2.45) is 17.3 Å². The topological polar surface area (TPSA) is 42.0 Å². The van der Waals surface area contributed by atoms with Crippen LogP contribution in [0.25, 0.3) is 0 Å². The van der Waals surface area contributed by atoms with Crippen molar-refractivity contribution in [2.75, 3.05) is 5.32 Å². The maximum absolute atomic E-state index is 12.5. The molecule has 114 valence electrons. The van der Waals surface area contributed by atoms with Crippen LogP contribution < -0.4 is 5.32 Å². The SMILES string of the molecule is Cc1csc(NC(=O)CC23C[C@@H]4C[C@@H](CC(Br)(C4)C2)C3)n1. The first-order valence-electron chi connectivity index (χ1n) is 7.85. The Balaban J connectivity index is 1.47. The molecule has 4 atom stereocenters. The van der Waals surface area contributed by atoms with Gasteiger partial charge in [-0.1, -0.05) is 15.9 Å². The number of anilines is 1. The zero-order valence-electron chi connectivity index (χ0n) is 12.3. The van der Waals surface area contributed by atoms with Gasteiger partial charge in [0.25, 0.3) is 0 Å². The van der Waals surface area contributed by atoms with Crippen LogP contribution in [0.1, 0.15) is 50.6 Å². The van der Waals surface area contributed by atoms with Crippen molar-refractivity contribution >= 4 is 38.3 Å². The minimum Gasteiger partial charge on any atom is -0.302 e. The molecule has 21 heavy (non-hydrogen) atoms. The molecule has 0 radical (unpaired) electrons. The number of thiazole rings is 1. The molecule has 4 fully saturated rings. The Bertz CT molecular complexity index is 571. The highest BCUT2D eigenvalue weighted by Gasteiger charge is 2.57. The van der Waals surface area contributed by atoms with Crippen LogP contribution in [0, 0.1) is 24.2 Å². The van der Waals surface area contributed by atoms with E-state index in [1.807, 2.05) is 12.3 Å². The van der Waals surface area contributed by atoms with Gasteiger partial charge in [0.15, 0.2) is 5.13 Å². The van der Waals surface area contributed by atoms with Crippen molar-refractivity contribution in [2.45, 2.75) is 56.2 Å². The predicted octanol–water partition coefficient (Wildman–Crippen LogP) is 4.51. The van der Waals surface area contributed by atoms with E-state index in [4.69, 9.17) is 0 Å². The summed E-state index contributed by atoms with van der Waals surface area (Å²) in [5.74, 6) is 1.82. The Morgan fingerprint density at radius 3 is 2.71 bits per heavy atom. The summed E-state index contributed by atoms with van der Waals surface area (Å²) >= 11 is 5.53. The van der Waals surface area contributed by atoms with E-state index in [9.17, 15) is 4.79 Å². The molecule has 4 aliphatic carbocycles. The average molecular weight is 369 g/mol. The lowest BCUT2D eigenvalue weighted by atomic mass is 9.48. The van der Waals surface area contributed by atoms with Crippen molar-refractivity contribution in [3.63, 3.8) is 0 Å². The van der Waals surface area contributed by atoms with Crippen LogP contribution in [0.3, 0.4) is 0 Å². The predicted molar refractivity (Wildman–Crippen MR) is 88.9 cm³/mol. The van der Waals surface area contributed by atoms with Gasteiger partial charge < -0.3 is 5.32 Å². The molecule has 5 rings (SSSR count). The summed E-state index contributed by atoms with van der Waals surface area (Å²) in [4.78, 5) is 16.8. The van der Waals surface area contributed by atoms with Gasteiger partial charge in [-0.15, -0.1) is 11.3 Å². The summed E-state index contributed by atoms with van der Waals surface area (Å²) in [6, 6.07) is 0. The monoisotopic (exact) mass is 368 g/mol. The Morgan fingerprint density at radius 2 is 2.14 bits per heavy atom. The van der Waals surface area contributed by atoms with Crippen LogP contribution in [-0.4, -0.2) is 15.2 Å². The quantitative estimate of drug-likeness (QED) is 0.797. The number of rotatable bonds is 3. The van der Waals surface area contributed by atoms with Crippen molar-refractivity contribution < 1.29 is 4.79 Å². The summed E-state index contributed by atoms with van der Waals surface area (Å²) in [6.07, 6.45) is 8.38. The third-order valence-electron chi connectivity index (χ3n) is 5.51. The first kappa shape index (κ1) is 14.2. The Morgan fingerprint density at radius 1 is 1.43 bits per heavy atom. The largest absolute Gasteiger partial charge is 0.302 e. The minimum atomic E-state index is 0.155. The van der Waals surface area contributed by atoms with E-state index in [1.54, 1.807) is 0 Å². The molecule has 4 bridgehead atoms. The number of nitrogens with zero attached hydrogens (tertiary/aromatic N) is 1. The van der Waals surface area contributed by atoms with Crippen LogP contribution in [0.2, 0.25) is 0 Å². The summed E-state index contributed by atoms with van der Waals surface area (Å²) in [6.45, 7) is 1.96. The number of carbonyl (C=O) groups excluding carboxylic acids is 1. The minimum absolute atomic E-state index is 0.155. The fraction of sp³-hybridized carbons (Fsp3) is 0.750. The molecule has 1 aromatic heterocycles. The van der Waals surface area contributed by atoms with Crippen LogP contribution >= 0.6 is 27.3 Å². The zero-order chi connectivity index (χ0) is 14.7. The maximum atomic E-state index is 12.5. The summed E-state index contributed by atoms with van der Waals surface area (Å²) in [5.41, 5.74) is 1.22. The molecule has 4 aliphatic rings. The van der Waals surface area contributed by atoms with Gasteiger partial charge >= 0.3 is 0 Å². The molecule has 0 aromatic carbocycles. The highest BCUT2D eigenvalue weighted by atomic mass is 79.9. The first-order chi connectivity index (χ1) is 9.94. The normalized spacial score (nSPS) is 40.5. The standard InChI is InChI=1S/C16H21BrN2OS/c1-10-8-21-14(18-10)19-13(20)7-15-3-11-2-12(4-15)6-16(17,5-11)9-15/h8,11-12H,2-7,9H2,1H3,(H,18,19,20)/t11-,12+,15?,16?.